The number of hydrogen-bond acceptors (Lipinski definition) is 3. The fraction of sp³-hybridized carbons (Fsp3) is 0.308. The second kappa shape index (κ2) is 4.60. The zero-order valence-corrected chi connectivity index (χ0v) is 10.6. The number of rotatable bonds is 3. The first-order chi connectivity index (χ1) is 8.47. The van der Waals surface area contributed by atoms with Gasteiger partial charge in [-0.1, -0.05) is 34.5 Å². The fourth-order valence-electron chi connectivity index (χ4n) is 2.04. The van der Waals surface area contributed by atoms with Gasteiger partial charge in [0.05, 0.1) is 12.2 Å². The third-order valence-electron chi connectivity index (χ3n) is 2.80. The molecule has 0 bridgehead atoms. The largest absolute Gasteiger partial charge is 0.476 e. The van der Waals surface area contributed by atoms with Gasteiger partial charge >= 0.3 is 5.97 Å². The van der Waals surface area contributed by atoms with E-state index in [1.54, 1.807) is 11.6 Å². The van der Waals surface area contributed by atoms with E-state index in [-0.39, 0.29) is 5.69 Å². The molecule has 1 aromatic carbocycles. The number of aromatic nitrogens is 3. The van der Waals surface area contributed by atoms with Crippen LogP contribution in [0, 0.1) is 20.8 Å². The van der Waals surface area contributed by atoms with Crippen LogP contribution in [-0.4, -0.2) is 26.1 Å². The predicted octanol–water partition coefficient (Wildman–Crippen LogP) is 1.95. The normalized spacial score (nSPS) is 10.6. The summed E-state index contributed by atoms with van der Waals surface area (Å²) < 4.78 is 1.61. The number of carbonyl (C=O) groups is 1. The Bertz CT molecular complexity index is 582. The van der Waals surface area contributed by atoms with Crippen LogP contribution in [0.1, 0.15) is 32.9 Å². The average Bonchev–Trinajstić information content (AvgIpc) is 2.59. The van der Waals surface area contributed by atoms with E-state index in [0.717, 1.165) is 5.56 Å². The van der Waals surface area contributed by atoms with E-state index in [9.17, 15) is 4.79 Å². The highest BCUT2D eigenvalue weighted by Crippen LogP contribution is 2.12. The number of benzene rings is 1. The highest BCUT2D eigenvalue weighted by Gasteiger charge is 2.15. The maximum absolute atomic E-state index is 10.9. The van der Waals surface area contributed by atoms with Gasteiger partial charge in [-0.3, -0.25) is 0 Å². The van der Waals surface area contributed by atoms with E-state index in [1.807, 2.05) is 13.8 Å². The first-order valence-electron chi connectivity index (χ1n) is 5.68. The summed E-state index contributed by atoms with van der Waals surface area (Å²) in [6.45, 7) is 6.32. The molecule has 0 saturated heterocycles. The van der Waals surface area contributed by atoms with Crippen molar-refractivity contribution in [2.24, 2.45) is 0 Å². The van der Waals surface area contributed by atoms with Crippen molar-refractivity contribution < 1.29 is 9.90 Å². The van der Waals surface area contributed by atoms with Gasteiger partial charge in [0.2, 0.25) is 0 Å². The standard InChI is InChI=1S/C13H15N3O2/c1-8-4-9(2)6-11(5-8)7-16-10(3)12(13(17)18)14-15-16/h4-6H,7H2,1-3H3,(H,17,18). The lowest BCUT2D eigenvalue weighted by Crippen LogP contribution is -2.06. The van der Waals surface area contributed by atoms with E-state index in [1.165, 1.54) is 11.1 Å². The Hall–Kier alpha value is -2.17. The number of aryl methyl sites for hydroxylation is 2. The minimum Gasteiger partial charge on any atom is -0.476 e. The summed E-state index contributed by atoms with van der Waals surface area (Å²) in [5.41, 5.74) is 4.04. The van der Waals surface area contributed by atoms with Crippen LogP contribution in [0.25, 0.3) is 0 Å². The van der Waals surface area contributed by atoms with Crippen LogP contribution in [0.4, 0.5) is 0 Å². The van der Waals surface area contributed by atoms with Crippen molar-refractivity contribution in [2.75, 3.05) is 0 Å². The van der Waals surface area contributed by atoms with Crippen molar-refractivity contribution in [2.45, 2.75) is 27.3 Å². The molecule has 5 nitrogen and oxygen atoms in total. The topological polar surface area (TPSA) is 68.0 Å². The fourth-order valence-corrected chi connectivity index (χ4v) is 2.04. The van der Waals surface area contributed by atoms with E-state index >= 15 is 0 Å². The van der Waals surface area contributed by atoms with Crippen LogP contribution in [-0.2, 0) is 6.54 Å². The maximum Gasteiger partial charge on any atom is 0.358 e. The summed E-state index contributed by atoms with van der Waals surface area (Å²) in [6.07, 6.45) is 0. The molecule has 0 fully saturated rings. The molecule has 18 heavy (non-hydrogen) atoms. The van der Waals surface area contributed by atoms with Gasteiger partial charge in [-0.25, -0.2) is 9.48 Å². The number of carboxylic acids is 1. The summed E-state index contributed by atoms with van der Waals surface area (Å²) in [7, 11) is 0. The van der Waals surface area contributed by atoms with Crippen molar-refractivity contribution in [1.29, 1.82) is 0 Å². The van der Waals surface area contributed by atoms with Crippen molar-refractivity contribution in [3.05, 3.63) is 46.3 Å². The third kappa shape index (κ3) is 2.40. The molecule has 0 saturated carbocycles. The van der Waals surface area contributed by atoms with Crippen LogP contribution < -0.4 is 0 Å². The SMILES string of the molecule is Cc1cc(C)cc(Cn2nnc(C(=O)O)c2C)c1. The summed E-state index contributed by atoms with van der Waals surface area (Å²) in [5, 5.41) is 16.5. The monoisotopic (exact) mass is 245 g/mol. The van der Waals surface area contributed by atoms with Gasteiger partial charge in [0.15, 0.2) is 5.69 Å². The molecule has 0 radical (unpaired) electrons. The molecule has 0 aliphatic heterocycles. The van der Waals surface area contributed by atoms with Gasteiger partial charge in [-0.05, 0) is 26.3 Å². The molecule has 1 N–H and O–H groups in total. The number of carboxylic acid groups (broad SMARTS) is 1. The first-order valence-corrected chi connectivity index (χ1v) is 5.68. The lowest BCUT2D eigenvalue weighted by Gasteiger charge is -2.06. The molecule has 1 aromatic heterocycles. The molecule has 1 heterocycles. The Labute approximate surface area is 105 Å². The molecule has 94 valence electrons. The van der Waals surface area contributed by atoms with Crippen molar-refractivity contribution >= 4 is 5.97 Å². The molecule has 0 aliphatic rings. The summed E-state index contributed by atoms with van der Waals surface area (Å²) in [6, 6.07) is 6.23. The van der Waals surface area contributed by atoms with Crippen molar-refractivity contribution in [3.63, 3.8) is 0 Å². The maximum atomic E-state index is 10.9. The quantitative estimate of drug-likeness (QED) is 0.897. The zero-order chi connectivity index (χ0) is 13.3. The molecular formula is C13H15N3O2. The lowest BCUT2D eigenvalue weighted by atomic mass is 10.1. The highest BCUT2D eigenvalue weighted by molar-refractivity contribution is 5.86. The van der Waals surface area contributed by atoms with Gasteiger partial charge in [-0.15, -0.1) is 5.10 Å². The third-order valence-corrected chi connectivity index (χ3v) is 2.80. The molecule has 5 heteroatoms. The minimum atomic E-state index is -1.04. The molecule has 0 amide bonds. The van der Waals surface area contributed by atoms with E-state index in [4.69, 9.17) is 5.11 Å². The molecule has 0 atom stereocenters. The summed E-state index contributed by atoms with van der Waals surface area (Å²) in [5.74, 6) is -1.04. The Morgan fingerprint density at radius 3 is 2.33 bits per heavy atom. The predicted molar refractivity (Wildman–Crippen MR) is 66.7 cm³/mol. The zero-order valence-electron chi connectivity index (χ0n) is 10.6. The summed E-state index contributed by atoms with van der Waals surface area (Å²) in [4.78, 5) is 10.9. The van der Waals surface area contributed by atoms with E-state index in [2.05, 4.69) is 28.5 Å². The van der Waals surface area contributed by atoms with Gasteiger partial charge in [0, 0.05) is 0 Å². The van der Waals surface area contributed by atoms with Crippen LogP contribution in [0.15, 0.2) is 18.2 Å². The molecule has 2 aromatic rings. The van der Waals surface area contributed by atoms with Crippen molar-refractivity contribution in [1.82, 2.24) is 15.0 Å². The molecular weight excluding hydrogens is 230 g/mol. The number of hydrogen-bond donors (Lipinski definition) is 1. The lowest BCUT2D eigenvalue weighted by molar-refractivity contribution is 0.0689. The van der Waals surface area contributed by atoms with Crippen LogP contribution >= 0.6 is 0 Å². The Kier molecular flexibility index (Phi) is 3.14. The van der Waals surface area contributed by atoms with Crippen molar-refractivity contribution in [3.8, 4) is 0 Å². The number of nitrogens with zero attached hydrogens (tertiary/aromatic N) is 3. The smallest absolute Gasteiger partial charge is 0.358 e. The number of aromatic carboxylic acids is 1. The van der Waals surface area contributed by atoms with Gasteiger partial charge in [0.25, 0.3) is 0 Å². The molecule has 2 rings (SSSR count). The molecule has 0 unspecified atom stereocenters. The summed E-state index contributed by atoms with van der Waals surface area (Å²) >= 11 is 0. The van der Waals surface area contributed by atoms with Crippen LogP contribution in [0.2, 0.25) is 0 Å². The highest BCUT2D eigenvalue weighted by atomic mass is 16.4. The van der Waals surface area contributed by atoms with E-state index in [0.29, 0.717) is 12.2 Å². The second-order valence-electron chi connectivity index (χ2n) is 4.48. The van der Waals surface area contributed by atoms with Gasteiger partial charge in [0.1, 0.15) is 0 Å². The molecule has 0 aliphatic carbocycles. The Balaban J connectivity index is 2.31. The molecule has 0 spiro atoms. The minimum absolute atomic E-state index is 0.0133. The first kappa shape index (κ1) is 12.3. The van der Waals surface area contributed by atoms with Crippen LogP contribution in [0.3, 0.4) is 0 Å². The van der Waals surface area contributed by atoms with Gasteiger partial charge < -0.3 is 5.11 Å². The van der Waals surface area contributed by atoms with E-state index < -0.39 is 5.97 Å². The van der Waals surface area contributed by atoms with Gasteiger partial charge in [-0.2, -0.15) is 0 Å². The van der Waals surface area contributed by atoms with Crippen LogP contribution in [0.5, 0.6) is 0 Å². The Morgan fingerprint density at radius 1 is 1.22 bits per heavy atom. The Morgan fingerprint density at radius 2 is 1.83 bits per heavy atom. The average molecular weight is 245 g/mol. The second-order valence-corrected chi connectivity index (χ2v) is 4.48.